The number of methoxy groups -OCH3 is 2. The van der Waals surface area contributed by atoms with E-state index in [-0.39, 0.29) is 18.0 Å². The summed E-state index contributed by atoms with van der Waals surface area (Å²) >= 11 is 0. The molecule has 0 saturated carbocycles. The van der Waals surface area contributed by atoms with Crippen LogP contribution >= 0.6 is 0 Å². The summed E-state index contributed by atoms with van der Waals surface area (Å²) in [5.74, 6) is 1.10. The van der Waals surface area contributed by atoms with E-state index in [1.54, 1.807) is 44.6 Å². The molecule has 0 aliphatic heterocycles. The van der Waals surface area contributed by atoms with Crippen molar-refractivity contribution in [2.24, 2.45) is 0 Å². The number of ether oxygens (including phenoxy) is 2. The van der Waals surface area contributed by atoms with Gasteiger partial charge >= 0.3 is 0 Å². The van der Waals surface area contributed by atoms with Crippen molar-refractivity contribution in [1.29, 1.82) is 0 Å². The zero-order valence-electron chi connectivity index (χ0n) is 17.2. The Morgan fingerprint density at radius 1 is 1.00 bits per heavy atom. The van der Waals surface area contributed by atoms with E-state index >= 15 is 0 Å². The quantitative estimate of drug-likeness (QED) is 0.519. The highest BCUT2D eigenvalue weighted by Crippen LogP contribution is 2.33. The first kappa shape index (κ1) is 20.2. The zero-order chi connectivity index (χ0) is 21.8. The van der Waals surface area contributed by atoms with Crippen molar-refractivity contribution in [3.63, 3.8) is 0 Å². The number of benzene rings is 3. The predicted molar refractivity (Wildman–Crippen MR) is 120 cm³/mol. The van der Waals surface area contributed by atoms with Crippen LogP contribution in [0.3, 0.4) is 0 Å². The standard InChI is InChI=1S/C24H21N3O4/c1-30-18-10-7-16(8-11-18)20-13-17(9-12-22(20)31-2)26-23(28)14-27-15-25-21-6-4-3-5-19(21)24(27)29/h3-13,15H,14H2,1-2H3,(H,26,28). The molecule has 156 valence electrons. The first-order valence-electron chi connectivity index (χ1n) is 9.65. The van der Waals surface area contributed by atoms with Crippen LogP contribution in [0.2, 0.25) is 0 Å². The van der Waals surface area contributed by atoms with Gasteiger partial charge in [0.1, 0.15) is 18.0 Å². The lowest BCUT2D eigenvalue weighted by atomic mass is 10.0. The van der Waals surface area contributed by atoms with Crippen LogP contribution in [-0.4, -0.2) is 29.7 Å². The van der Waals surface area contributed by atoms with Crippen molar-refractivity contribution in [1.82, 2.24) is 9.55 Å². The molecule has 7 nitrogen and oxygen atoms in total. The van der Waals surface area contributed by atoms with E-state index in [1.807, 2.05) is 36.4 Å². The van der Waals surface area contributed by atoms with Crippen molar-refractivity contribution in [2.45, 2.75) is 6.54 Å². The fourth-order valence-corrected chi connectivity index (χ4v) is 3.36. The second-order valence-electron chi connectivity index (χ2n) is 6.89. The number of aromatic nitrogens is 2. The van der Waals surface area contributed by atoms with Crippen LogP contribution in [0, 0.1) is 0 Å². The number of para-hydroxylation sites is 1. The number of anilines is 1. The molecule has 0 aliphatic carbocycles. The average molecular weight is 415 g/mol. The number of carbonyl (C=O) groups excluding carboxylic acids is 1. The van der Waals surface area contributed by atoms with E-state index in [2.05, 4.69) is 10.3 Å². The third kappa shape index (κ3) is 4.25. The lowest BCUT2D eigenvalue weighted by Crippen LogP contribution is -2.27. The van der Waals surface area contributed by atoms with Crippen LogP contribution in [0.25, 0.3) is 22.0 Å². The van der Waals surface area contributed by atoms with Gasteiger partial charge in [-0.2, -0.15) is 0 Å². The van der Waals surface area contributed by atoms with Crippen molar-refractivity contribution in [3.05, 3.63) is 83.4 Å². The minimum absolute atomic E-state index is 0.138. The molecule has 0 bridgehead atoms. The highest BCUT2D eigenvalue weighted by atomic mass is 16.5. The molecule has 1 aromatic heterocycles. The molecule has 0 radical (unpaired) electrons. The molecular formula is C24H21N3O4. The molecule has 4 aromatic rings. The van der Waals surface area contributed by atoms with Crippen molar-refractivity contribution < 1.29 is 14.3 Å². The summed E-state index contributed by atoms with van der Waals surface area (Å²) in [6.07, 6.45) is 1.39. The molecule has 1 N–H and O–H groups in total. The lowest BCUT2D eigenvalue weighted by molar-refractivity contribution is -0.116. The Morgan fingerprint density at radius 2 is 1.77 bits per heavy atom. The normalized spacial score (nSPS) is 10.6. The summed E-state index contributed by atoms with van der Waals surface area (Å²) in [5.41, 5.74) is 2.69. The van der Waals surface area contributed by atoms with Gasteiger partial charge in [-0.1, -0.05) is 24.3 Å². The first-order chi connectivity index (χ1) is 15.1. The Labute approximate surface area is 178 Å². The van der Waals surface area contributed by atoms with Gasteiger partial charge in [-0.15, -0.1) is 0 Å². The minimum Gasteiger partial charge on any atom is -0.497 e. The number of hydrogen-bond donors (Lipinski definition) is 1. The summed E-state index contributed by atoms with van der Waals surface area (Å²) < 4.78 is 12.0. The van der Waals surface area contributed by atoms with Gasteiger partial charge in [0.05, 0.1) is 31.4 Å². The van der Waals surface area contributed by atoms with Gasteiger partial charge in [0, 0.05) is 11.3 Å². The molecule has 0 spiro atoms. The molecule has 31 heavy (non-hydrogen) atoms. The maximum absolute atomic E-state index is 12.6. The van der Waals surface area contributed by atoms with Gasteiger partial charge in [-0.05, 0) is 48.0 Å². The van der Waals surface area contributed by atoms with E-state index < -0.39 is 0 Å². The highest BCUT2D eigenvalue weighted by Gasteiger charge is 2.11. The predicted octanol–water partition coefficient (Wildman–Crippen LogP) is 3.72. The molecule has 4 rings (SSSR count). The molecular weight excluding hydrogens is 394 g/mol. The number of fused-ring (bicyclic) bond motifs is 1. The van der Waals surface area contributed by atoms with Crippen molar-refractivity contribution in [3.8, 4) is 22.6 Å². The van der Waals surface area contributed by atoms with Gasteiger partial charge < -0.3 is 14.8 Å². The molecule has 0 fully saturated rings. The molecule has 3 aromatic carbocycles. The largest absolute Gasteiger partial charge is 0.497 e. The summed E-state index contributed by atoms with van der Waals surface area (Å²) in [6.45, 7) is -0.138. The third-order valence-electron chi connectivity index (χ3n) is 4.93. The number of carbonyl (C=O) groups is 1. The Morgan fingerprint density at radius 3 is 2.52 bits per heavy atom. The Hall–Kier alpha value is -4.13. The van der Waals surface area contributed by atoms with E-state index in [0.717, 1.165) is 16.9 Å². The van der Waals surface area contributed by atoms with Crippen LogP contribution in [-0.2, 0) is 11.3 Å². The number of amides is 1. The Balaban J connectivity index is 1.57. The van der Waals surface area contributed by atoms with E-state index in [4.69, 9.17) is 9.47 Å². The molecule has 1 heterocycles. The smallest absolute Gasteiger partial charge is 0.261 e. The van der Waals surface area contributed by atoms with Crippen molar-refractivity contribution >= 4 is 22.5 Å². The molecule has 0 aliphatic rings. The van der Waals surface area contributed by atoms with Crippen LogP contribution in [0.1, 0.15) is 0 Å². The molecule has 0 saturated heterocycles. The SMILES string of the molecule is COc1ccc(-c2cc(NC(=O)Cn3cnc4ccccc4c3=O)ccc2OC)cc1. The summed E-state index contributed by atoms with van der Waals surface area (Å²) in [5, 5.41) is 3.32. The monoisotopic (exact) mass is 415 g/mol. The number of hydrogen-bond acceptors (Lipinski definition) is 5. The fourth-order valence-electron chi connectivity index (χ4n) is 3.36. The van der Waals surface area contributed by atoms with E-state index in [9.17, 15) is 9.59 Å². The second kappa shape index (κ2) is 8.71. The number of rotatable bonds is 6. The summed E-state index contributed by atoms with van der Waals surface area (Å²) in [7, 11) is 3.21. The van der Waals surface area contributed by atoms with Crippen LogP contribution < -0.4 is 20.3 Å². The molecule has 1 amide bonds. The summed E-state index contributed by atoms with van der Waals surface area (Å²) in [4.78, 5) is 29.5. The van der Waals surface area contributed by atoms with Gasteiger partial charge in [-0.25, -0.2) is 4.98 Å². The fraction of sp³-hybridized carbons (Fsp3) is 0.125. The van der Waals surface area contributed by atoms with Crippen LogP contribution in [0.5, 0.6) is 11.5 Å². The lowest BCUT2D eigenvalue weighted by Gasteiger charge is -2.13. The summed E-state index contributed by atoms with van der Waals surface area (Å²) in [6, 6.07) is 20.0. The number of nitrogens with zero attached hydrogens (tertiary/aromatic N) is 2. The Kier molecular flexibility index (Phi) is 5.66. The zero-order valence-corrected chi connectivity index (χ0v) is 17.2. The molecule has 0 unspecified atom stereocenters. The van der Waals surface area contributed by atoms with Crippen LogP contribution in [0.4, 0.5) is 5.69 Å². The molecule has 0 atom stereocenters. The number of nitrogens with one attached hydrogen (secondary N) is 1. The average Bonchev–Trinajstić information content (AvgIpc) is 2.81. The maximum Gasteiger partial charge on any atom is 0.261 e. The van der Waals surface area contributed by atoms with Gasteiger partial charge in [0.25, 0.3) is 5.56 Å². The highest BCUT2D eigenvalue weighted by molar-refractivity contribution is 5.92. The Bertz CT molecular complexity index is 1300. The molecule has 7 heteroatoms. The first-order valence-corrected chi connectivity index (χ1v) is 9.65. The minimum atomic E-state index is -0.329. The topological polar surface area (TPSA) is 82.5 Å². The second-order valence-corrected chi connectivity index (χ2v) is 6.89. The van der Waals surface area contributed by atoms with E-state index in [0.29, 0.717) is 22.3 Å². The maximum atomic E-state index is 12.6. The van der Waals surface area contributed by atoms with E-state index in [1.165, 1.54) is 10.9 Å². The van der Waals surface area contributed by atoms with Crippen molar-refractivity contribution in [2.75, 3.05) is 19.5 Å². The van der Waals surface area contributed by atoms with Gasteiger partial charge in [0.2, 0.25) is 5.91 Å². The van der Waals surface area contributed by atoms with Gasteiger partial charge in [0.15, 0.2) is 0 Å². The van der Waals surface area contributed by atoms with Gasteiger partial charge in [-0.3, -0.25) is 14.2 Å². The van der Waals surface area contributed by atoms with Crippen LogP contribution in [0.15, 0.2) is 77.9 Å². The third-order valence-corrected chi connectivity index (χ3v) is 4.93.